The zero-order valence-electron chi connectivity index (χ0n) is 11.1. The van der Waals surface area contributed by atoms with Gasteiger partial charge < -0.3 is 5.73 Å². The van der Waals surface area contributed by atoms with Crippen LogP contribution in [0.4, 0.5) is 0 Å². The van der Waals surface area contributed by atoms with Crippen LogP contribution < -0.4 is 5.73 Å². The van der Waals surface area contributed by atoms with E-state index in [1.807, 2.05) is 18.2 Å². The maximum absolute atomic E-state index is 6.11. The fraction of sp³-hybridized carbons (Fsp3) is 0.571. The summed E-state index contributed by atoms with van der Waals surface area (Å²) in [4.78, 5) is 2.48. The first-order valence-electron chi connectivity index (χ1n) is 6.66. The SMILES string of the molecule is CCC1CN(C(CN)c2ccc(Cl)c(Cl)c2)CCS1. The lowest BCUT2D eigenvalue weighted by atomic mass is 10.0. The summed E-state index contributed by atoms with van der Waals surface area (Å²) < 4.78 is 0. The molecule has 2 nitrogen and oxygen atoms in total. The van der Waals surface area contributed by atoms with Crippen LogP contribution in [0.5, 0.6) is 0 Å². The number of nitrogens with zero attached hydrogens (tertiary/aromatic N) is 1. The highest BCUT2D eigenvalue weighted by atomic mass is 35.5. The van der Waals surface area contributed by atoms with E-state index in [2.05, 4.69) is 23.6 Å². The van der Waals surface area contributed by atoms with E-state index < -0.39 is 0 Å². The molecule has 0 saturated carbocycles. The maximum atomic E-state index is 6.11. The number of halogens is 2. The van der Waals surface area contributed by atoms with Crippen molar-refractivity contribution in [3.8, 4) is 0 Å². The van der Waals surface area contributed by atoms with Crippen LogP contribution in [0.2, 0.25) is 10.0 Å². The third kappa shape index (κ3) is 3.79. The van der Waals surface area contributed by atoms with Crippen LogP contribution in [-0.4, -0.2) is 35.5 Å². The van der Waals surface area contributed by atoms with Gasteiger partial charge in [0, 0.05) is 36.7 Å². The fourth-order valence-electron chi connectivity index (χ4n) is 2.49. The summed E-state index contributed by atoms with van der Waals surface area (Å²) >= 11 is 14.2. The van der Waals surface area contributed by atoms with Crippen molar-refractivity contribution in [3.05, 3.63) is 33.8 Å². The second-order valence-electron chi connectivity index (χ2n) is 4.82. The Morgan fingerprint density at radius 2 is 2.21 bits per heavy atom. The van der Waals surface area contributed by atoms with Gasteiger partial charge in [0.2, 0.25) is 0 Å². The summed E-state index contributed by atoms with van der Waals surface area (Å²) in [5, 5.41) is 1.92. The molecule has 1 aromatic rings. The summed E-state index contributed by atoms with van der Waals surface area (Å²) in [6.07, 6.45) is 1.21. The van der Waals surface area contributed by atoms with Crippen molar-refractivity contribution >= 4 is 35.0 Å². The van der Waals surface area contributed by atoms with Gasteiger partial charge in [0.25, 0.3) is 0 Å². The van der Waals surface area contributed by atoms with E-state index in [9.17, 15) is 0 Å². The van der Waals surface area contributed by atoms with E-state index >= 15 is 0 Å². The predicted molar refractivity (Wildman–Crippen MR) is 86.4 cm³/mol. The Bertz CT molecular complexity index is 428. The molecule has 0 aromatic heterocycles. The van der Waals surface area contributed by atoms with Crippen molar-refractivity contribution in [3.63, 3.8) is 0 Å². The lowest BCUT2D eigenvalue weighted by molar-refractivity contribution is 0.207. The van der Waals surface area contributed by atoms with Gasteiger partial charge in [-0.2, -0.15) is 11.8 Å². The number of benzene rings is 1. The minimum atomic E-state index is 0.240. The van der Waals surface area contributed by atoms with Crippen molar-refractivity contribution in [2.45, 2.75) is 24.6 Å². The monoisotopic (exact) mass is 318 g/mol. The molecule has 1 aliphatic heterocycles. The van der Waals surface area contributed by atoms with Crippen molar-refractivity contribution < 1.29 is 0 Å². The Hall–Kier alpha value is 0.0700. The molecule has 2 atom stereocenters. The van der Waals surface area contributed by atoms with Gasteiger partial charge in [0.05, 0.1) is 10.0 Å². The van der Waals surface area contributed by atoms with E-state index in [1.165, 1.54) is 17.7 Å². The molecule has 2 rings (SSSR count). The molecule has 0 spiro atoms. The van der Waals surface area contributed by atoms with E-state index in [0.29, 0.717) is 21.8 Å². The minimum Gasteiger partial charge on any atom is -0.329 e. The Morgan fingerprint density at radius 3 is 2.84 bits per heavy atom. The van der Waals surface area contributed by atoms with Crippen LogP contribution in [-0.2, 0) is 0 Å². The molecule has 0 radical (unpaired) electrons. The summed E-state index contributed by atoms with van der Waals surface area (Å²) in [5.41, 5.74) is 7.15. The molecule has 1 fully saturated rings. The first-order chi connectivity index (χ1) is 9.15. The van der Waals surface area contributed by atoms with E-state index in [0.717, 1.165) is 13.1 Å². The molecule has 1 aliphatic rings. The number of nitrogens with two attached hydrogens (primary N) is 1. The summed E-state index contributed by atoms with van der Waals surface area (Å²) in [6.45, 7) is 5.05. The predicted octanol–water partition coefficient (Wildman–Crippen LogP) is 3.82. The summed E-state index contributed by atoms with van der Waals surface area (Å²) in [5.74, 6) is 1.18. The molecule has 0 aliphatic carbocycles. The van der Waals surface area contributed by atoms with Crippen LogP contribution in [0.3, 0.4) is 0 Å². The Kier molecular flexibility index (Phi) is 5.85. The van der Waals surface area contributed by atoms with E-state index in [4.69, 9.17) is 28.9 Å². The van der Waals surface area contributed by atoms with Gasteiger partial charge in [-0.1, -0.05) is 36.2 Å². The smallest absolute Gasteiger partial charge is 0.0595 e. The standard InChI is InChI=1S/C14H20Cl2N2S/c1-2-11-9-18(5-6-19-11)14(8-17)10-3-4-12(15)13(16)7-10/h3-4,7,11,14H,2,5-6,8-9,17H2,1H3. The number of hydrogen-bond donors (Lipinski definition) is 1. The van der Waals surface area contributed by atoms with Gasteiger partial charge in [0.15, 0.2) is 0 Å². The Morgan fingerprint density at radius 1 is 1.42 bits per heavy atom. The topological polar surface area (TPSA) is 29.3 Å². The van der Waals surface area contributed by atoms with Crippen LogP contribution in [0.15, 0.2) is 18.2 Å². The van der Waals surface area contributed by atoms with Gasteiger partial charge in [-0.05, 0) is 24.1 Å². The lowest BCUT2D eigenvalue weighted by Gasteiger charge is -2.37. The molecule has 0 bridgehead atoms. The molecule has 1 aromatic carbocycles. The van der Waals surface area contributed by atoms with Gasteiger partial charge in [-0.15, -0.1) is 0 Å². The van der Waals surface area contributed by atoms with Crippen molar-refractivity contribution in [2.24, 2.45) is 5.73 Å². The molecule has 0 amide bonds. The highest BCUT2D eigenvalue weighted by Gasteiger charge is 2.25. The van der Waals surface area contributed by atoms with E-state index in [1.54, 1.807) is 0 Å². The van der Waals surface area contributed by atoms with Gasteiger partial charge in [-0.25, -0.2) is 0 Å². The Balaban J connectivity index is 2.16. The maximum Gasteiger partial charge on any atom is 0.0595 e. The lowest BCUT2D eigenvalue weighted by Crippen LogP contribution is -2.42. The van der Waals surface area contributed by atoms with Gasteiger partial charge >= 0.3 is 0 Å². The average molecular weight is 319 g/mol. The quantitative estimate of drug-likeness (QED) is 0.915. The second-order valence-corrected chi connectivity index (χ2v) is 7.04. The fourth-order valence-corrected chi connectivity index (χ4v) is 4.00. The molecular weight excluding hydrogens is 299 g/mol. The number of rotatable bonds is 4. The Labute approximate surface area is 129 Å². The molecule has 19 heavy (non-hydrogen) atoms. The largest absolute Gasteiger partial charge is 0.329 e. The van der Waals surface area contributed by atoms with Crippen LogP contribution >= 0.6 is 35.0 Å². The van der Waals surface area contributed by atoms with Crippen molar-refractivity contribution in [1.29, 1.82) is 0 Å². The van der Waals surface area contributed by atoms with E-state index in [-0.39, 0.29) is 6.04 Å². The first-order valence-corrected chi connectivity index (χ1v) is 8.46. The van der Waals surface area contributed by atoms with Gasteiger partial charge in [0.1, 0.15) is 0 Å². The van der Waals surface area contributed by atoms with Crippen LogP contribution in [0, 0.1) is 0 Å². The van der Waals surface area contributed by atoms with Crippen molar-refractivity contribution in [2.75, 3.05) is 25.4 Å². The highest BCUT2D eigenvalue weighted by molar-refractivity contribution is 8.00. The zero-order valence-corrected chi connectivity index (χ0v) is 13.4. The summed E-state index contributed by atoms with van der Waals surface area (Å²) in [6, 6.07) is 6.08. The molecular formula is C14H20Cl2N2S. The minimum absolute atomic E-state index is 0.240. The molecule has 106 valence electrons. The molecule has 5 heteroatoms. The van der Waals surface area contributed by atoms with Crippen LogP contribution in [0.25, 0.3) is 0 Å². The van der Waals surface area contributed by atoms with Crippen molar-refractivity contribution in [1.82, 2.24) is 4.90 Å². The highest BCUT2D eigenvalue weighted by Crippen LogP contribution is 2.31. The van der Waals surface area contributed by atoms with Gasteiger partial charge in [-0.3, -0.25) is 4.90 Å². The molecule has 1 saturated heterocycles. The van der Waals surface area contributed by atoms with Crippen LogP contribution in [0.1, 0.15) is 24.9 Å². The second kappa shape index (κ2) is 7.19. The zero-order chi connectivity index (χ0) is 13.8. The number of thioether (sulfide) groups is 1. The normalized spacial score (nSPS) is 22.4. The third-order valence-electron chi connectivity index (χ3n) is 3.62. The first kappa shape index (κ1) is 15.5. The number of hydrogen-bond acceptors (Lipinski definition) is 3. The molecule has 2 N–H and O–H groups in total. The summed E-state index contributed by atoms with van der Waals surface area (Å²) in [7, 11) is 0. The molecule has 2 unspecified atom stereocenters. The molecule has 1 heterocycles. The third-order valence-corrected chi connectivity index (χ3v) is 5.73. The average Bonchev–Trinajstić information content (AvgIpc) is 2.44.